The van der Waals surface area contributed by atoms with Gasteiger partial charge in [-0.15, -0.1) is 0 Å². The van der Waals surface area contributed by atoms with Crippen molar-refractivity contribution in [1.29, 1.82) is 0 Å². The predicted molar refractivity (Wildman–Crippen MR) is 168 cm³/mol. The smallest absolute Gasteiger partial charge is 0.264 e. The third-order valence-electron chi connectivity index (χ3n) is 6.48. The molecular formula is C30H34Cl3N3O5S. The van der Waals surface area contributed by atoms with E-state index in [2.05, 4.69) is 5.32 Å². The largest absolute Gasteiger partial charge is 0.495 e. The monoisotopic (exact) mass is 653 g/mol. The number of nitrogens with zero attached hydrogens (tertiary/aromatic N) is 2. The average Bonchev–Trinajstić information content (AvgIpc) is 2.92. The third kappa shape index (κ3) is 8.10. The minimum absolute atomic E-state index is 0.00951. The molecule has 0 aliphatic carbocycles. The molecule has 226 valence electrons. The Labute approximate surface area is 262 Å². The first-order valence-electron chi connectivity index (χ1n) is 13.2. The van der Waals surface area contributed by atoms with Gasteiger partial charge in [0, 0.05) is 22.6 Å². The van der Waals surface area contributed by atoms with Crippen LogP contribution < -0.4 is 14.4 Å². The highest BCUT2D eigenvalue weighted by molar-refractivity contribution is 7.92. The Bertz CT molecular complexity index is 1530. The molecule has 0 saturated heterocycles. The summed E-state index contributed by atoms with van der Waals surface area (Å²) >= 11 is 18.9. The van der Waals surface area contributed by atoms with Crippen molar-refractivity contribution in [2.24, 2.45) is 0 Å². The Kier molecular flexibility index (Phi) is 11.5. The minimum atomic E-state index is -4.25. The second kappa shape index (κ2) is 14.5. The number of methoxy groups -OCH3 is 1. The zero-order chi connectivity index (χ0) is 31.2. The van der Waals surface area contributed by atoms with Gasteiger partial charge in [-0.2, -0.15) is 0 Å². The van der Waals surface area contributed by atoms with Gasteiger partial charge in [0.15, 0.2) is 0 Å². The summed E-state index contributed by atoms with van der Waals surface area (Å²) in [6.07, 6.45) is 0.272. The molecule has 0 spiro atoms. The van der Waals surface area contributed by atoms with Crippen LogP contribution in [0.5, 0.6) is 5.75 Å². The molecule has 3 rings (SSSR count). The lowest BCUT2D eigenvalue weighted by Crippen LogP contribution is -2.53. The maximum absolute atomic E-state index is 14.2. The maximum Gasteiger partial charge on any atom is 0.264 e. The van der Waals surface area contributed by atoms with Gasteiger partial charge in [-0.05, 0) is 75.2 Å². The van der Waals surface area contributed by atoms with Crippen LogP contribution in [0.3, 0.4) is 0 Å². The lowest BCUT2D eigenvalue weighted by atomic mass is 10.1. The molecule has 0 heterocycles. The number of sulfonamides is 1. The lowest BCUT2D eigenvalue weighted by molar-refractivity contribution is -0.140. The van der Waals surface area contributed by atoms with Gasteiger partial charge in [0.05, 0.1) is 22.7 Å². The summed E-state index contributed by atoms with van der Waals surface area (Å²) < 4.78 is 34.2. The third-order valence-corrected chi connectivity index (χ3v) is 9.15. The van der Waals surface area contributed by atoms with Crippen molar-refractivity contribution in [1.82, 2.24) is 10.2 Å². The first-order chi connectivity index (χ1) is 19.8. The van der Waals surface area contributed by atoms with Crippen LogP contribution in [-0.2, 0) is 26.2 Å². The van der Waals surface area contributed by atoms with Crippen LogP contribution >= 0.6 is 34.8 Å². The van der Waals surface area contributed by atoms with Crippen LogP contribution in [0.25, 0.3) is 0 Å². The number of carbonyl (C=O) groups is 2. The topological polar surface area (TPSA) is 96.0 Å². The van der Waals surface area contributed by atoms with E-state index in [0.717, 1.165) is 9.87 Å². The van der Waals surface area contributed by atoms with Gasteiger partial charge in [0.25, 0.3) is 10.0 Å². The Morgan fingerprint density at radius 1 is 0.952 bits per heavy atom. The Morgan fingerprint density at radius 2 is 1.62 bits per heavy atom. The molecule has 8 nitrogen and oxygen atoms in total. The number of amides is 2. The van der Waals surface area contributed by atoms with Crippen molar-refractivity contribution in [3.8, 4) is 5.75 Å². The first kappa shape index (κ1) is 33.5. The van der Waals surface area contributed by atoms with Gasteiger partial charge < -0.3 is 15.0 Å². The fourth-order valence-electron chi connectivity index (χ4n) is 4.31. The second-order valence-electron chi connectivity index (χ2n) is 9.99. The molecule has 0 aliphatic rings. The van der Waals surface area contributed by atoms with Crippen LogP contribution in [0.15, 0.2) is 65.6 Å². The van der Waals surface area contributed by atoms with E-state index in [1.54, 1.807) is 37.3 Å². The SMILES string of the molecule is CCC(C(=O)NC(C)C)N(Cc1ccc(Cl)cc1Cl)C(=O)CN(c1ccc(OC)c(Cl)c1)S(=O)(=O)c1ccc(C)cc1. The van der Waals surface area contributed by atoms with Gasteiger partial charge in [-0.1, -0.05) is 65.5 Å². The molecule has 2 amide bonds. The highest BCUT2D eigenvalue weighted by Gasteiger charge is 2.34. The minimum Gasteiger partial charge on any atom is -0.495 e. The lowest BCUT2D eigenvalue weighted by Gasteiger charge is -2.33. The van der Waals surface area contributed by atoms with Gasteiger partial charge in [0.2, 0.25) is 11.8 Å². The van der Waals surface area contributed by atoms with E-state index < -0.39 is 28.5 Å². The van der Waals surface area contributed by atoms with Crippen molar-refractivity contribution in [3.05, 3.63) is 86.9 Å². The molecule has 42 heavy (non-hydrogen) atoms. The van der Waals surface area contributed by atoms with Crippen LogP contribution in [-0.4, -0.2) is 50.9 Å². The molecule has 3 aromatic carbocycles. The summed E-state index contributed by atoms with van der Waals surface area (Å²) in [7, 11) is -2.81. The number of rotatable bonds is 12. The standard InChI is InChI=1S/C30H34Cl3N3O5S/c1-6-27(30(38)34-19(2)3)35(17-21-9-10-22(31)15-25(21)32)29(37)18-36(23-11-14-28(41-5)26(33)16-23)42(39,40)24-12-7-20(4)8-13-24/h7-16,19,27H,6,17-18H2,1-5H3,(H,34,38). The zero-order valence-electron chi connectivity index (χ0n) is 24.0. The van der Waals surface area contributed by atoms with Crippen molar-refractivity contribution in [2.45, 2.75) is 57.6 Å². The summed E-state index contributed by atoms with van der Waals surface area (Å²) in [6, 6.07) is 14.5. The van der Waals surface area contributed by atoms with E-state index in [0.29, 0.717) is 21.4 Å². The number of anilines is 1. The highest BCUT2D eigenvalue weighted by atomic mass is 35.5. The molecule has 1 N–H and O–H groups in total. The zero-order valence-corrected chi connectivity index (χ0v) is 27.1. The van der Waals surface area contributed by atoms with Gasteiger partial charge in [-0.3, -0.25) is 13.9 Å². The number of benzene rings is 3. The van der Waals surface area contributed by atoms with Crippen molar-refractivity contribution in [3.63, 3.8) is 0 Å². The fourth-order valence-corrected chi connectivity index (χ4v) is 6.44. The number of aryl methyl sites for hydroxylation is 1. The maximum atomic E-state index is 14.2. The van der Waals surface area contributed by atoms with Crippen LogP contribution in [0.2, 0.25) is 15.1 Å². The van der Waals surface area contributed by atoms with Crippen molar-refractivity contribution < 1.29 is 22.7 Å². The highest BCUT2D eigenvalue weighted by Crippen LogP contribution is 2.32. The van der Waals surface area contributed by atoms with Gasteiger partial charge in [0.1, 0.15) is 18.3 Å². The summed E-state index contributed by atoms with van der Waals surface area (Å²) in [5.74, 6) is -0.643. The Balaban J connectivity index is 2.12. The first-order valence-corrected chi connectivity index (χ1v) is 15.8. The number of ether oxygens (including phenoxy) is 1. The molecule has 0 saturated carbocycles. The van der Waals surface area contributed by atoms with Gasteiger partial charge in [-0.25, -0.2) is 8.42 Å². The van der Waals surface area contributed by atoms with Crippen molar-refractivity contribution in [2.75, 3.05) is 18.0 Å². The quantitative estimate of drug-likeness (QED) is 0.241. The van der Waals surface area contributed by atoms with Crippen LogP contribution in [0.1, 0.15) is 38.3 Å². The summed E-state index contributed by atoms with van der Waals surface area (Å²) in [5.41, 5.74) is 1.57. The van der Waals surface area contributed by atoms with Crippen molar-refractivity contribution >= 4 is 62.3 Å². The van der Waals surface area contributed by atoms with E-state index in [4.69, 9.17) is 39.5 Å². The Hall–Kier alpha value is -2.98. The molecule has 0 fully saturated rings. The number of carbonyl (C=O) groups excluding carboxylic acids is 2. The Morgan fingerprint density at radius 3 is 2.17 bits per heavy atom. The number of halogens is 3. The van der Waals surface area contributed by atoms with E-state index in [-0.39, 0.29) is 40.5 Å². The molecule has 12 heteroatoms. The molecule has 1 atom stereocenters. The number of hydrogen-bond donors (Lipinski definition) is 1. The molecule has 1 unspecified atom stereocenters. The summed E-state index contributed by atoms with van der Waals surface area (Å²) in [4.78, 5) is 28.7. The van der Waals surface area contributed by atoms with E-state index in [1.807, 2.05) is 20.8 Å². The number of nitrogens with one attached hydrogen (secondary N) is 1. The van der Waals surface area contributed by atoms with E-state index >= 15 is 0 Å². The molecule has 3 aromatic rings. The molecule has 0 aliphatic heterocycles. The molecule has 0 aromatic heterocycles. The average molecular weight is 655 g/mol. The van der Waals surface area contributed by atoms with Crippen LogP contribution in [0.4, 0.5) is 5.69 Å². The molecule has 0 radical (unpaired) electrons. The number of hydrogen-bond acceptors (Lipinski definition) is 5. The van der Waals surface area contributed by atoms with Crippen LogP contribution in [0, 0.1) is 6.92 Å². The summed E-state index contributed by atoms with van der Waals surface area (Å²) in [5, 5.41) is 3.75. The molecular weight excluding hydrogens is 621 g/mol. The van der Waals surface area contributed by atoms with E-state index in [9.17, 15) is 18.0 Å². The predicted octanol–water partition coefficient (Wildman–Crippen LogP) is 6.49. The normalized spacial score (nSPS) is 12.1. The fraction of sp³-hybridized carbons (Fsp3) is 0.333. The van der Waals surface area contributed by atoms with E-state index in [1.165, 1.54) is 42.3 Å². The second-order valence-corrected chi connectivity index (χ2v) is 13.1. The summed E-state index contributed by atoms with van der Waals surface area (Å²) in [6.45, 7) is 6.58. The molecule has 0 bridgehead atoms. The van der Waals surface area contributed by atoms with Gasteiger partial charge >= 0.3 is 0 Å².